The predicted molar refractivity (Wildman–Crippen MR) is 126 cm³/mol. The maximum atomic E-state index is 15.2. The molecule has 0 saturated heterocycles. The van der Waals surface area contributed by atoms with Gasteiger partial charge in [0.1, 0.15) is 17.5 Å². The monoisotopic (exact) mass is 487 g/mol. The van der Waals surface area contributed by atoms with Crippen LogP contribution in [0.4, 0.5) is 4.39 Å². The van der Waals surface area contributed by atoms with Crippen LogP contribution in [-0.4, -0.2) is 25.6 Å². The quantitative estimate of drug-likeness (QED) is 0.404. The van der Waals surface area contributed by atoms with E-state index in [9.17, 15) is 18.0 Å². The van der Waals surface area contributed by atoms with Crippen molar-refractivity contribution in [2.24, 2.45) is 5.92 Å². The first-order chi connectivity index (χ1) is 16.2. The summed E-state index contributed by atoms with van der Waals surface area (Å²) < 4.78 is 50.3. The van der Waals surface area contributed by atoms with Crippen molar-refractivity contribution in [3.05, 3.63) is 80.4 Å². The normalized spacial score (nSPS) is 16.1. The molecule has 0 radical (unpaired) electrons. The molecule has 0 bridgehead atoms. The number of esters is 1. The van der Waals surface area contributed by atoms with Crippen LogP contribution in [0.5, 0.6) is 0 Å². The highest BCUT2D eigenvalue weighted by molar-refractivity contribution is 7.67. The minimum absolute atomic E-state index is 0.104. The van der Waals surface area contributed by atoms with Crippen LogP contribution in [0.1, 0.15) is 52.6 Å². The number of aryl methyl sites for hydroxylation is 2. The van der Waals surface area contributed by atoms with E-state index in [-0.39, 0.29) is 29.9 Å². The lowest BCUT2D eigenvalue weighted by molar-refractivity contribution is 0.0524. The molecule has 0 spiro atoms. The number of rotatable bonds is 7. The van der Waals surface area contributed by atoms with Crippen LogP contribution in [0, 0.1) is 18.7 Å². The largest absolute Gasteiger partial charge is 0.462 e. The molecule has 0 N–H and O–H groups in total. The van der Waals surface area contributed by atoms with E-state index in [4.69, 9.17) is 8.92 Å². The molecule has 1 aliphatic rings. The molecule has 34 heavy (non-hydrogen) atoms. The maximum Gasteiger partial charge on any atom is 0.343 e. The second-order valence-electron chi connectivity index (χ2n) is 8.42. The molecule has 2 aromatic carbocycles. The van der Waals surface area contributed by atoms with Gasteiger partial charge in [-0.15, -0.1) is 0 Å². The van der Waals surface area contributed by atoms with E-state index in [1.807, 2.05) is 38.1 Å². The minimum atomic E-state index is -3.14. The zero-order valence-corrected chi connectivity index (χ0v) is 20.1. The number of carbonyl (C=O) groups excluding carboxylic acids is 1. The average Bonchev–Trinajstić information content (AvgIpc) is 3.25. The molecule has 0 fully saturated rings. The molecular formula is C25H26FNO6S. The smallest absolute Gasteiger partial charge is 0.343 e. The Morgan fingerprint density at radius 1 is 1.18 bits per heavy atom. The molecule has 0 saturated carbocycles. The van der Waals surface area contributed by atoms with Gasteiger partial charge < -0.3 is 9.30 Å². The molecule has 0 amide bonds. The van der Waals surface area contributed by atoms with E-state index in [2.05, 4.69) is 0 Å². The van der Waals surface area contributed by atoms with Gasteiger partial charge in [0.05, 0.1) is 12.1 Å². The number of hydrogen-bond donors (Lipinski definition) is 1. The Balaban J connectivity index is 1.85. The van der Waals surface area contributed by atoms with Crippen LogP contribution in [-0.2, 0) is 39.3 Å². The Morgan fingerprint density at radius 3 is 2.47 bits per heavy atom. The van der Waals surface area contributed by atoms with E-state index in [1.54, 1.807) is 11.5 Å². The predicted octanol–water partition coefficient (Wildman–Crippen LogP) is 3.64. The van der Waals surface area contributed by atoms with Crippen molar-refractivity contribution in [2.45, 2.75) is 46.3 Å². The fourth-order valence-electron chi connectivity index (χ4n) is 4.78. The molecule has 7 nitrogen and oxygen atoms in total. The van der Waals surface area contributed by atoms with Crippen molar-refractivity contribution in [2.75, 3.05) is 6.61 Å². The van der Waals surface area contributed by atoms with Crippen molar-refractivity contribution >= 4 is 27.9 Å². The lowest BCUT2D eigenvalue weighted by Gasteiger charge is -2.21. The SMILES string of the molecule is CCOC(=O)c1cn(CC)c2c3c(c(F)cc2c1=O)CC(C(O[SH](=O)=O)c1ccc(C)cc1)C3. The summed E-state index contributed by atoms with van der Waals surface area (Å²) in [6, 6.07) is 8.53. The van der Waals surface area contributed by atoms with Crippen LogP contribution in [0.25, 0.3) is 10.9 Å². The third-order valence-electron chi connectivity index (χ3n) is 6.33. The number of ether oxygens (including phenoxy) is 1. The van der Waals surface area contributed by atoms with Crippen LogP contribution in [0.2, 0.25) is 0 Å². The Morgan fingerprint density at radius 2 is 1.85 bits per heavy atom. The Kier molecular flexibility index (Phi) is 6.86. The van der Waals surface area contributed by atoms with Gasteiger partial charge >= 0.3 is 5.97 Å². The average molecular weight is 488 g/mol. The van der Waals surface area contributed by atoms with Gasteiger partial charge in [-0.25, -0.2) is 17.6 Å². The van der Waals surface area contributed by atoms with Crippen LogP contribution < -0.4 is 5.43 Å². The topological polar surface area (TPSA) is 91.7 Å². The van der Waals surface area contributed by atoms with Crippen molar-refractivity contribution in [1.29, 1.82) is 0 Å². The van der Waals surface area contributed by atoms with Crippen LogP contribution in [0.15, 0.2) is 41.3 Å². The molecule has 0 aliphatic heterocycles. The first kappa shape index (κ1) is 24.1. The van der Waals surface area contributed by atoms with Crippen LogP contribution >= 0.6 is 0 Å². The maximum absolute atomic E-state index is 15.2. The molecule has 2 atom stereocenters. The Labute approximate surface area is 198 Å². The van der Waals surface area contributed by atoms with E-state index in [0.29, 0.717) is 35.2 Å². The van der Waals surface area contributed by atoms with E-state index in [1.165, 1.54) is 12.3 Å². The number of halogens is 1. The van der Waals surface area contributed by atoms with Crippen molar-refractivity contribution < 1.29 is 26.5 Å². The second kappa shape index (κ2) is 9.68. The van der Waals surface area contributed by atoms with Crippen molar-refractivity contribution in [1.82, 2.24) is 4.57 Å². The van der Waals surface area contributed by atoms with Gasteiger partial charge in [0.15, 0.2) is 0 Å². The highest BCUT2D eigenvalue weighted by Crippen LogP contribution is 2.41. The summed E-state index contributed by atoms with van der Waals surface area (Å²) in [7, 11) is -3.14. The molecular weight excluding hydrogens is 461 g/mol. The van der Waals surface area contributed by atoms with Gasteiger partial charge in [-0.1, -0.05) is 29.8 Å². The number of hydrogen-bond acceptors (Lipinski definition) is 6. The number of pyridine rings is 1. The van der Waals surface area contributed by atoms with Crippen LogP contribution in [0.3, 0.4) is 0 Å². The number of benzene rings is 2. The van der Waals surface area contributed by atoms with E-state index in [0.717, 1.165) is 5.56 Å². The number of fused-ring (bicyclic) bond motifs is 3. The molecule has 1 aliphatic carbocycles. The Bertz CT molecular complexity index is 1390. The van der Waals surface area contributed by atoms with Crippen molar-refractivity contribution in [3.8, 4) is 0 Å². The van der Waals surface area contributed by atoms with Gasteiger partial charge in [0.25, 0.3) is 11.0 Å². The summed E-state index contributed by atoms with van der Waals surface area (Å²) in [6.45, 7) is 5.99. The molecule has 2 unspecified atom stereocenters. The summed E-state index contributed by atoms with van der Waals surface area (Å²) in [5, 5.41) is 0.104. The third kappa shape index (κ3) is 4.37. The first-order valence-corrected chi connectivity index (χ1v) is 12.3. The number of thiol groups is 1. The molecule has 180 valence electrons. The standard InChI is InChI=1S/C25H26FNO6S/c1-4-27-13-20(25(29)32-5-2)23(28)19-12-21(26)17-10-16(11-18(17)22(19)27)24(33-34(30)31)15-8-6-14(3)7-9-15/h6-9,12-13,16,24,34H,4-5,10-11H2,1-3H3. The number of nitrogens with zero attached hydrogens (tertiary/aromatic N) is 1. The first-order valence-electron chi connectivity index (χ1n) is 11.2. The minimum Gasteiger partial charge on any atom is -0.462 e. The molecule has 3 aromatic rings. The third-order valence-corrected chi connectivity index (χ3v) is 6.73. The highest BCUT2D eigenvalue weighted by Gasteiger charge is 2.35. The lowest BCUT2D eigenvalue weighted by Crippen LogP contribution is -2.22. The zero-order valence-electron chi connectivity index (χ0n) is 19.2. The van der Waals surface area contributed by atoms with Gasteiger partial charge in [0.2, 0.25) is 5.43 Å². The van der Waals surface area contributed by atoms with E-state index < -0.39 is 34.3 Å². The summed E-state index contributed by atoms with van der Waals surface area (Å²) in [5.41, 5.74) is 2.59. The highest BCUT2D eigenvalue weighted by atomic mass is 32.2. The molecule has 1 heterocycles. The van der Waals surface area contributed by atoms with Gasteiger partial charge in [-0.05, 0) is 62.3 Å². The number of aromatic nitrogens is 1. The molecule has 4 rings (SSSR count). The summed E-state index contributed by atoms with van der Waals surface area (Å²) in [5.74, 6) is -1.65. The zero-order chi connectivity index (χ0) is 24.6. The second-order valence-corrected chi connectivity index (χ2v) is 9.08. The van der Waals surface area contributed by atoms with Crippen molar-refractivity contribution in [3.63, 3.8) is 0 Å². The van der Waals surface area contributed by atoms with Gasteiger partial charge in [-0.3, -0.25) is 8.98 Å². The van der Waals surface area contributed by atoms with Gasteiger partial charge in [0, 0.05) is 18.1 Å². The summed E-state index contributed by atoms with van der Waals surface area (Å²) in [6.07, 6.45) is 1.25. The molecule has 9 heteroatoms. The molecule has 1 aromatic heterocycles. The van der Waals surface area contributed by atoms with Gasteiger partial charge in [-0.2, -0.15) is 0 Å². The lowest BCUT2D eigenvalue weighted by atomic mass is 9.92. The summed E-state index contributed by atoms with van der Waals surface area (Å²) in [4.78, 5) is 25.4. The number of carbonyl (C=O) groups is 1. The Hall–Kier alpha value is -3.04. The summed E-state index contributed by atoms with van der Waals surface area (Å²) >= 11 is 0. The fourth-order valence-corrected chi connectivity index (χ4v) is 5.26. The van der Waals surface area contributed by atoms with E-state index >= 15 is 4.39 Å². The fraction of sp³-hybridized carbons (Fsp3) is 0.360.